The molecule has 0 saturated carbocycles. The summed E-state index contributed by atoms with van der Waals surface area (Å²) in [6, 6.07) is 0. The minimum Gasteiger partial charge on any atom is -0.469 e. The summed E-state index contributed by atoms with van der Waals surface area (Å²) >= 11 is 1.96. The smallest absolute Gasteiger partial charge is 0.306 e. The van der Waals surface area contributed by atoms with Crippen LogP contribution in [0.1, 0.15) is 26.2 Å². The molecule has 0 atom stereocenters. The minimum atomic E-state index is -0.142. The van der Waals surface area contributed by atoms with Gasteiger partial charge in [0.25, 0.3) is 0 Å². The Bertz CT molecular complexity index is 142. The number of methoxy groups -OCH3 is 1. The molecule has 0 aliphatic heterocycles. The molecule has 0 fully saturated rings. The monoisotopic (exact) mass is 219 g/mol. The molecule has 0 aromatic carbocycles. The van der Waals surface area contributed by atoms with E-state index in [-0.39, 0.29) is 5.97 Å². The summed E-state index contributed by atoms with van der Waals surface area (Å²) in [6.07, 6.45) is 3.03. The molecule has 0 aromatic heterocycles. The van der Waals surface area contributed by atoms with Crippen molar-refractivity contribution in [3.63, 3.8) is 0 Å². The molecule has 0 unspecified atom stereocenters. The standard InChI is InChI=1S/C10H21NO2S/c1-3-4-8-14-9-7-11-6-5-10(12)13-2/h11H,3-9H2,1-2H3. The van der Waals surface area contributed by atoms with Crippen molar-refractivity contribution in [1.82, 2.24) is 5.32 Å². The lowest BCUT2D eigenvalue weighted by Gasteiger charge is -2.03. The number of carbonyl (C=O) groups is 1. The van der Waals surface area contributed by atoms with Gasteiger partial charge in [-0.1, -0.05) is 13.3 Å². The molecule has 0 amide bonds. The average Bonchev–Trinajstić information content (AvgIpc) is 2.21. The van der Waals surface area contributed by atoms with E-state index >= 15 is 0 Å². The predicted octanol–water partition coefficient (Wildman–Crippen LogP) is 1.67. The van der Waals surface area contributed by atoms with Crippen LogP contribution in [0.2, 0.25) is 0 Å². The van der Waals surface area contributed by atoms with Crippen LogP contribution in [0.4, 0.5) is 0 Å². The number of esters is 1. The van der Waals surface area contributed by atoms with Crippen LogP contribution >= 0.6 is 11.8 Å². The summed E-state index contributed by atoms with van der Waals surface area (Å²) < 4.78 is 4.53. The van der Waals surface area contributed by atoms with Gasteiger partial charge in [0, 0.05) is 18.8 Å². The van der Waals surface area contributed by atoms with E-state index < -0.39 is 0 Å². The van der Waals surface area contributed by atoms with Gasteiger partial charge in [-0.05, 0) is 12.2 Å². The first-order valence-electron chi connectivity index (χ1n) is 5.16. The zero-order chi connectivity index (χ0) is 10.6. The maximum atomic E-state index is 10.7. The number of hydrogen-bond donors (Lipinski definition) is 1. The lowest BCUT2D eigenvalue weighted by molar-refractivity contribution is -0.140. The van der Waals surface area contributed by atoms with Gasteiger partial charge in [0.05, 0.1) is 13.5 Å². The first-order chi connectivity index (χ1) is 6.81. The van der Waals surface area contributed by atoms with E-state index in [1.807, 2.05) is 11.8 Å². The van der Waals surface area contributed by atoms with Gasteiger partial charge < -0.3 is 10.1 Å². The molecule has 0 saturated heterocycles. The molecule has 84 valence electrons. The third-order valence-electron chi connectivity index (χ3n) is 1.80. The van der Waals surface area contributed by atoms with E-state index in [9.17, 15) is 4.79 Å². The average molecular weight is 219 g/mol. The zero-order valence-electron chi connectivity index (χ0n) is 9.17. The highest BCUT2D eigenvalue weighted by Crippen LogP contribution is 2.02. The Balaban J connectivity index is 2.95. The second kappa shape index (κ2) is 10.9. The fourth-order valence-electron chi connectivity index (χ4n) is 0.910. The first-order valence-corrected chi connectivity index (χ1v) is 6.32. The Labute approximate surface area is 91.0 Å². The molecule has 0 spiro atoms. The van der Waals surface area contributed by atoms with Crippen molar-refractivity contribution in [2.45, 2.75) is 26.2 Å². The predicted molar refractivity (Wildman–Crippen MR) is 61.7 cm³/mol. The minimum absolute atomic E-state index is 0.142. The number of carbonyl (C=O) groups excluding carboxylic acids is 1. The molecular formula is C10H21NO2S. The van der Waals surface area contributed by atoms with Crippen molar-refractivity contribution < 1.29 is 9.53 Å². The van der Waals surface area contributed by atoms with E-state index in [0.717, 1.165) is 18.8 Å². The molecular weight excluding hydrogens is 198 g/mol. The van der Waals surface area contributed by atoms with Gasteiger partial charge in [0.2, 0.25) is 0 Å². The van der Waals surface area contributed by atoms with Gasteiger partial charge in [-0.15, -0.1) is 0 Å². The fraction of sp³-hybridized carbons (Fsp3) is 0.900. The van der Waals surface area contributed by atoms with E-state index in [1.165, 1.54) is 25.7 Å². The topological polar surface area (TPSA) is 38.3 Å². The molecule has 0 aliphatic carbocycles. The van der Waals surface area contributed by atoms with Crippen molar-refractivity contribution in [2.75, 3.05) is 31.7 Å². The maximum Gasteiger partial charge on any atom is 0.306 e. The summed E-state index contributed by atoms with van der Waals surface area (Å²) in [5.41, 5.74) is 0. The third-order valence-corrected chi connectivity index (χ3v) is 2.87. The summed E-state index contributed by atoms with van der Waals surface area (Å²) in [4.78, 5) is 10.7. The Kier molecular flexibility index (Phi) is 10.7. The van der Waals surface area contributed by atoms with Gasteiger partial charge in [0.1, 0.15) is 0 Å². The van der Waals surface area contributed by atoms with Crippen LogP contribution in [0.3, 0.4) is 0 Å². The van der Waals surface area contributed by atoms with E-state index in [1.54, 1.807) is 0 Å². The molecule has 0 heterocycles. The molecule has 14 heavy (non-hydrogen) atoms. The van der Waals surface area contributed by atoms with E-state index in [0.29, 0.717) is 6.42 Å². The number of rotatable bonds is 9. The van der Waals surface area contributed by atoms with Crippen molar-refractivity contribution >= 4 is 17.7 Å². The Morgan fingerprint density at radius 2 is 2.14 bits per heavy atom. The molecule has 3 nitrogen and oxygen atoms in total. The number of thioether (sulfide) groups is 1. The van der Waals surface area contributed by atoms with E-state index in [4.69, 9.17) is 0 Å². The van der Waals surface area contributed by atoms with Gasteiger partial charge in [0.15, 0.2) is 0 Å². The molecule has 4 heteroatoms. The third kappa shape index (κ3) is 9.86. The van der Waals surface area contributed by atoms with Gasteiger partial charge in [-0.3, -0.25) is 4.79 Å². The molecule has 0 bridgehead atoms. The van der Waals surface area contributed by atoms with Gasteiger partial charge in [-0.2, -0.15) is 11.8 Å². The molecule has 0 aliphatic rings. The van der Waals surface area contributed by atoms with Crippen LogP contribution in [-0.4, -0.2) is 37.7 Å². The van der Waals surface area contributed by atoms with Crippen molar-refractivity contribution in [1.29, 1.82) is 0 Å². The number of hydrogen-bond acceptors (Lipinski definition) is 4. The summed E-state index contributed by atoms with van der Waals surface area (Å²) in [5, 5.41) is 3.21. The van der Waals surface area contributed by atoms with Crippen LogP contribution < -0.4 is 5.32 Å². The maximum absolute atomic E-state index is 10.7. The van der Waals surface area contributed by atoms with E-state index in [2.05, 4.69) is 17.0 Å². The summed E-state index contributed by atoms with van der Waals surface area (Å²) in [6.45, 7) is 3.90. The van der Waals surface area contributed by atoms with Crippen LogP contribution in [-0.2, 0) is 9.53 Å². The van der Waals surface area contributed by atoms with Crippen LogP contribution in [0.15, 0.2) is 0 Å². The normalized spacial score (nSPS) is 10.1. The van der Waals surface area contributed by atoms with Crippen LogP contribution in [0, 0.1) is 0 Å². The van der Waals surface area contributed by atoms with Crippen LogP contribution in [0.5, 0.6) is 0 Å². The Morgan fingerprint density at radius 3 is 2.79 bits per heavy atom. The van der Waals surface area contributed by atoms with Gasteiger partial charge in [-0.25, -0.2) is 0 Å². The molecule has 0 radical (unpaired) electrons. The van der Waals surface area contributed by atoms with Crippen LogP contribution in [0.25, 0.3) is 0 Å². The lowest BCUT2D eigenvalue weighted by Crippen LogP contribution is -2.21. The number of unbranched alkanes of at least 4 members (excludes halogenated alkanes) is 1. The number of nitrogens with one attached hydrogen (secondary N) is 1. The SMILES string of the molecule is CCCCSCCNCCC(=O)OC. The number of ether oxygens (including phenoxy) is 1. The molecule has 0 rings (SSSR count). The Hall–Kier alpha value is -0.220. The quantitative estimate of drug-likeness (QED) is 0.473. The van der Waals surface area contributed by atoms with Crippen molar-refractivity contribution in [3.05, 3.63) is 0 Å². The summed E-state index contributed by atoms with van der Waals surface area (Å²) in [5.74, 6) is 2.23. The van der Waals surface area contributed by atoms with Crippen molar-refractivity contribution in [3.8, 4) is 0 Å². The second-order valence-corrected chi connectivity index (χ2v) is 4.27. The second-order valence-electron chi connectivity index (χ2n) is 3.04. The largest absolute Gasteiger partial charge is 0.469 e. The molecule has 1 N–H and O–H groups in total. The van der Waals surface area contributed by atoms with Gasteiger partial charge >= 0.3 is 5.97 Å². The highest BCUT2D eigenvalue weighted by atomic mass is 32.2. The highest BCUT2D eigenvalue weighted by molar-refractivity contribution is 7.99. The molecule has 0 aromatic rings. The lowest BCUT2D eigenvalue weighted by atomic mass is 10.4. The zero-order valence-corrected chi connectivity index (χ0v) is 9.99. The first kappa shape index (κ1) is 13.8. The Morgan fingerprint density at radius 1 is 1.36 bits per heavy atom. The fourth-order valence-corrected chi connectivity index (χ4v) is 1.90. The highest BCUT2D eigenvalue weighted by Gasteiger charge is 1.97. The van der Waals surface area contributed by atoms with Crippen molar-refractivity contribution in [2.24, 2.45) is 0 Å². The summed E-state index contributed by atoms with van der Waals surface area (Å²) in [7, 11) is 1.42.